The van der Waals surface area contributed by atoms with Crippen molar-refractivity contribution in [3.63, 3.8) is 0 Å². The van der Waals surface area contributed by atoms with E-state index in [-0.39, 0.29) is 0 Å². The molecule has 0 aliphatic heterocycles. The average Bonchev–Trinajstić information content (AvgIpc) is 2.02. The van der Waals surface area contributed by atoms with Crippen molar-refractivity contribution in [1.29, 1.82) is 0 Å². The van der Waals surface area contributed by atoms with Gasteiger partial charge >= 0.3 is 0 Å². The van der Waals surface area contributed by atoms with Crippen molar-refractivity contribution < 1.29 is 0 Å². The molecule has 0 bridgehead atoms. The van der Waals surface area contributed by atoms with E-state index < -0.39 is 7.38 Å². The lowest BCUT2D eigenvalue weighted by atomic mass is 10.6. The third kappa shape index (κ3) is 5.60. The number of hydrogen-bond acceptors (Lipinski definition) is 0. The molecule has 12 heavy (non-hydrogen) atoms. The van der Waals surface area contributed by atoms with E-state index in [9.17, 15) is 0 Å². The summed E-state index contributed by atoms with van der Waals surface area (Å²) in [6.45, 7) is 4.49. The molecular formula is C9H20BrClSi. The highest BCUT2D eigenvalue weighted by molar-refractivity contribution is 9.09. The van der Waals surface area contributed by atoms with Crippen LogP contribution in [-0.4, -0.2) is 12.7 Å². The first-order valence-electron chi connectivity index (χ1n) is 4.93. The summed E-state index contributed by atoms with van der Waals surface area (Å²) >= 11 is 10.1. The van der Waals surface area contributed by atoms with Crippen LogP contribution in [0.2, 0.25) is 18.1 Å². The minimum Gasteiger partial charge on any atom is -0.167 e. The van der Waals surface area contributed by atoms with Crippen LogP contribution in [0.25, 0.3) is 0 Å². The molecule has 74 valence electrons. The molecule has 0 saturated carbocycles. The molecule has 0 spiro atoms. The van der Waals surface area contributed by atoms with Gasteiger partial charge in [-0.3, -0.25) is 0 Å². The maximum absolute atomic E-state index is 6.64. The molecule has 0 fully saturated rings. The van der Waals surface area contributed by atoms with Crippen molar-refractivity contribution >= 4 is 34.4 Å². The molecule has 0 atom stereocenters. The lowest BCUT2D eigenvalue weighted by Gasteiger charge is -2.22. The van der Waals surface area contributed by atoms with Gasteiger partial charge in [0.25, 0.3) is 0 Å². The summed E-state index contributed by atoms with van der Waals surface area (Å²) in [6.07, 6.45) is 3.78. The van der Waals surface area contributed by atoms with Crippen LogP contribution in [0.4, 0.5) is 0 Å². The molecule has 0 aliphatic rings. The summed E-state index contributed by atoms with van der Waals surface area (Å²) in [5, 5.41) is 1.11. The van der Waals surface area contributed by atoms with Gasteiger partial charge in [-0.05, 0) is 24.6 Å². The Morgan fingerprint density at radius 2 is 1.58 bits per heavy atom. The van der Waals surface area contributed by atoms with Crippen LogP contribution in [0.5, 0.6) is 0 Å². The standard InChI is InChI=1S/C9H20BrClSi/c1-3-7-12(11,8-4-2)9-5-6-10/h3-9H2,1-2H3. The zero-order chi connectivity index (χ0) is 9.45. The molecule has 0 heterocycles. The third-order valence-electron chi connectivity index (χ3n) is 2.15. The fourth-order valence-electron chi connectivity index (χ4n) is 1.65. The Morgan fingerprint density at radius 3 is 1.92 bits per heavy atom. The van der Waals surface area contributed by atoms with Gasteiger partial charge in [0.2, 0.25) is 0 Å². The summed E-state index contributed by atoms with van der Waals surface area (Å²) in [4.78, 5) is 0. The van der Waals surface area contributed by atoms with Crippen molar-refractivity contribution in [2.75, 3.05) is 5.33 Å². The van der Waals surface area contributed by atoms with E-state index in [1.54, 1.807) is 0 Å². The average molecular weight is 272 g/mol. The van der Waals surface area contributed by atoms with Gasteiger partial charge in [-0.1, -0.05) is 42.6 Å². The Balaban J connectivity index is 3.80. The van der Waals surface area contributed by atoms with E-state index in [0.717, 1.165) is 5.33 Å². The fraction of sp³-hybridized carbons (Fsp3) is 1.00. The summed E-state index contributed by atoms with van der Waals surface area (Å²) in [6, 6.07) is 3.90. The Kier molecular flexibility index (Phi) is 8.00. The second-order valence-electron chi connectivity index (χ2n) is 3.44. The van der Waals surface area contributed by atoms with E-state index in [0.29, 0.717) is 0 Å². The van der Waals surface area contributed by atoms with Crippen LogP contribution >= 0.6 is 27.0 Å². The first-order valence-corrected chi connectivity index (χ1v) is 9.69. The van der Waals surface area contributed by atoms with E-state index in [4.69, 9.17) is 11.1 Å². The first-order chi connectivity index (χ1) is 5.68. The molecule has 0 aromatic rings. The van der Waals surface area contributed by atoms with Gasteiger partial charge in [-0.2, -0.15) is 11.1 Å². The number of rotatable bonds is 7. The second-order valence-corrected chi connectivity index (χ2v) is 10.4. The van der Waals surface area contributed by atoms with Gasteiger partial charge in [0.1, 0.15) is 0 Å². The summed E-state index contributed by atoms with van der Waals surface area (Å²) in [5.74, 6) is 0. The topological polar surface area (TPSA) is 0 Å². The molecule has 0 aliphatic carbocycles. The second kappa shape index (κ2) is 7.40. The highest BCUT2D eigenvalue weighted by Gasteiger charge is 2.27. The van der Waals surface area contributed by atoms with E-state index in [1.165, 1.54) is 37.4 Å². The van der Waals surface area contributed by atoms with Gasteiger partial charge in [0.05, 0.1) is 0 Å². The first kappa shape index (κ1) is 13.0. The minimum absolute atomic E-state index is 1.11. The van der Waals surface area contributed by atoms with Crippen LogP contribution in [-0.2, 0) is 0 Å². The lowest BCUT2D eigenvalue weighted by Crippen LogP contribution is -2.26. The summed E-state index contributed by atoms with van der Waals surface area (Å²) in [5.41, 5.74) is 0. The minimum atomic E-state index is -1.33. The van der Waals surface area contributed by atoms with Gasteiger partial charge in [-0.25, -0.2) is 0 Å². The Morgan fingerprint density at radius 1 is 1.08 bits per heavy atom. The highest BCUT2D eigenvalue weighted by atomic mass is 79.9. The molecule has 0 aromatic heterocycles. The largest absolute Gasteiger partial charge is 0.167 e. The summed E-state index contributed by atoms with van der Waals surface area (Å²) < 4.78 is 0. The van der Waals surface area contributed by atoms with Gasteiger partial charge < -0.3 is 0 Å². The zero-order valence-electron chi connectivity index (χ0n) is 8.21. The van der Waals surface area contributed by atoms with Gasteiger partial charge in [0.15, 0.2) is 7.38 Å². The third-order valence-corrected chi connectivity index (χ3v) is 8.46. The molecule has 0 saturated heterocycles. The molecule has 0 N–H and O–H groups in total. The van der Waals surface area contributed by atoms with Gasteiger partial charge in [-0.15, -0.1) is 0 Å². The van der Waals surface area contributed by atoms with Crippen LogP contribution in [0, 0.1) is 0 Å². The molecule has 3 heteroatoms. The Hall–Kier alpha value is 0.987. The lowest BCUT2D eigenvalue weighted by molar-refractivity contribution is 0.954. The van der Waals surface area contributed by atoms with Crippen molar-refractivity contribution in [1.82, 2.24) is 0 Å². The maximum Gasteiger partial charge on any atom is 0.156 e. The molecule has 0 amide bonds. The van der Waals surface area contributed by atoms with E-state index in [1.807, 2.05) is 0 Å². The Bertz CT molecular complexity index is 103. The van der Waals surface area contributed by atoms with Crippen LogP contribution < -0.4 is 0 Å². The van der Waals surface area contributed by atoms with E-state index >= 15 is 0 Å². The van der Waals surface area contributed by atoms with Crippen molar-refractivity contribution in [3.05, 3.63) is 0 Å². The molecule has 0 nitrogen and oxygen atoms in total. The van der Waals surface area contributed by atoms with Crippen LogP contribution in [0.15, 0.2) is 0 Å². The number of halogens is 2. The number of alkyl halides is 1. The number of hydrogen-bond donors (Lipinski definition) is 0. The predicted octanol–water partition coefficient (Wildman–Crippen LogP) is 4.78. The highest BCUT2D eigenvalue weighted by Crippen LogP contribution is 2.30. The predicted molar refractivity (Wildman–Crippen MR) is 65.0 cm³/mol. The Labute approximate surface area is 90.9 Å². The fourth-order valence-corrected chi connectivity index (χ4v) is 7.34. The molecule has 0 unspecified atom stereocenters. The quantitative estimate of drug-likeness (QED) is 0.355. The molecule has 0 rings (SSSR count). The van der Waals surface area contributed by atoms with Crippen molar-refractivity contribution in [3.8, 4) is 0 Å². The molecule has 0 aromatic carbocycles. The maximum atomic E-state index is 6.64. The normalized spacial score (nSPS) is 12.0. The smallest absolute Gasteiger partial charge is 0.156 e. The van der Waals surface area contributed by atoms with Crippen LogP contribution in [0.3, 0.4) is 0 Å². The van der Waals surface area contributed by atoms with Crippen molar-refractivity contribution in [2.45, 2.75) is 51.2 Å². The summed E-state index contributed by atoms with van der Waals surface area (Å²) in [7, 11) is -1.33. The van der Waals surface area contributed by atoms with Crippen molar-refractivity contribution in [2.24, 2.45) is 0 Å². The monoisotopic (exact) mass is 270 g/mol. The SMILES string of the molecule is CCC[Si](Cl)(CCC)CCCBr. The molecule has 0 radical (unpaired) electrons. The van der Waals surface area contributed by atoms with Gasteiger partial charge in [0, 0.05) is 5.33 Å². The molecular weight excluding hydrogens is 252 g/mol. The van der Waals surface area contributed by atoms with Crippen LogP contribution in [0.1, 0.15) is 33.1 Å². The zero-order valence-corrected chi connectivity index (χ0v) is 11.5. The van der Waals surface area contributed by atoms with E-state index in [2.05, 4.69) is 29.8 Å².